The molecule has 86 valence electrons. The highest BCUT2D eigenvalue weighted by Gasteiger charge is 2.46. The summed E-state index contributed by atoms with van der Waals surface area (Å²) in [6, 6.07) is 0.211. The SMILES string of the molecule is CC1CC(N)=NN1C1(C)CCS(=O)(=O)C1. The minimum Gasteiger partial charge on any atom is -0.386 e. The number of rotatable bonds is 1. The van der Waals surface area contributed by atoms with Gasteiger partial charge in [0.2, 0.25) is 0 Å². The zero-order valence-corrected chi connectivity index (χ0v) is 9.92. The minimum atomic E-state index is -2.88. The van der Waals surface area contributed by atoms with Gasteiger partial charge in [0.15, 0.2) is 9.84 Å². The van der Waals surface area contributed by atoms with Gasteiger partial charge in [-0.25, -0.2) is 8.42 Å². The Labute approximate surface area is 90.2 Å². The minimum absolute atomic E-state index is 0.196. The first-order chi connectivity index (χ1) is 6.82. The van der Waals surface area contributed by atoms with Crippen molar-refractivity contribution >= 4 is 15.7 Å². The van der Waals surface area contributed by atoms with Crippen LogP contribution in [0.25, 0.3) is 0 Å². The highest BCUT2D eigenvalue weighted by Crippen LogP contribution is 2.34. The van der Waals surface area contributed by atoms with E-state index in [1.165, 1.54) is 0 Å². The smallest absolute Gasteiger partial charge is 0.152 e. The van der Waals surface area contributed by atoms with Gasteiger partial charge in [-0.3, -0.25) is 5.01 Å². The summed E-state index contributed by atoms with van der Waals surface area (Å²) >= 11 is 0. The molecular weight excluding hydrogens is 214 g/mol. The van der Waals surface area contributed by atoms with E-state index in [2.05, 4.69) is 5.10 Å². The van der Waals surface area contributed by atoms with E-state index in [9.17, 15) is 8.42 Å². The second-order valence-corrected chi connectivity index (χ2v) is 7.01. The molecule has 0 aliphatic carbocycles. The fourth-order valence-corrected chi connectivity index (χ4v) is 4.61. The van der Waals surface area contributed by atoms with Gasteiger partial charge in [-0.05, 0) is 20.3 Å². The van der Waals surface area contributed by atoms with Gasteiger partial charge in [-0.2, -0.15) is 5.10 Å². The lowest BCUT2D eigenvalue weighted by Crippen LogP contribution is -2.46. The molecule has 0 bridgehead atoms. The van der Waals surface area contributed by atoms with Gasteiger partial charge in [0.1, 0.15) is 5.84 Å². The summed E-state index contributed by atoms with van der Waals surface area (Å²) in [5.41, 5.74) is 5.31. The van der Waals surface area contributed by atoms with Crippen LogP contribution in [-0.4, -0.2) is 42.3 Å². The molecule has 0 saturated carbocycles. The van der Waals surface area contributed by atoms with E-state index in [4.69, 9.17) is 5.73 Å². The molecule has 2 heterocycles. The zero-order chi connectivity index (χ0) is 11.3. The molecule has 2 aliphatic rings. The average molecular weight is 231 g/mol. The molecule has 0 aromatic rings. The van der Waals surface area contributed by atoms with E-state index in [-0.39, 0.29) is 23.1 Å². The van der Waals surface area contributed by atoms with Gasteiger partial charge >= 0.3 is 0 Å². The first kappa shape index (κ1) is 10.7. The normalized spacial score (nSPS) is 39.5. The topological polar surface area (TPSA) is 75.8 Å². The van der Waals surface area contributed by atoms with Gasteiger partial charge in [0.05, 0.1) is 23.1 Å². The first-order valence-corrected chi connectivity index (χ1v) is 6.97. The first-order valence-electron chi connectivity index (χ1n) is 5.15. The van der Waals surface area contributed by atoms with Gasteiger partial charge in [-0.15, -0.1) is 0 Å². The van der Waals surface area contributed by atoms with E-state index in [1.54, 1.807) is 0 Å². The summed E-state index contributed by atoms with van der Waals surface area (Å²) in [7, 11) is -2.88. The number of hydrogen-bond donors (Lipinski definition) is 1. The third-order valence-electron chi connectivity index (χ3n) is 3.19. The number of hydrogen-bond acceptors (Lipinski definition) is 5. The summed E-state index contributed by atoms with van der Waals surface area (Å²) < 4.78 is 23.0. The maximum absolute atomic E-state index is 11.5. The number of nitrogens with zero attached hydrogens (tertiary/aromatic N) is 2. The third kappa shape index (κ3) is 1.82. The lowest BCUT2D eigenvalue weighted by atomic mass is 9.99. The Kier molecular flexibility index (Phi) is 2.22. The third-order valence-corrected chi connectivity index (χ3v) is 5.08. The van der Waals surface area contributed by atoms with E-state index in [1.807, 2.05) is 18.9 Å². The molecule has 1 saturated heterocycles. The van der Waals surface area contributed by atoms with Crippen LogP contribution in [0.15, 0.2) is 5.10 Å². The second-order valence-electron chi connectivity index (χ2n) is 4.83. The van der Waals surface area contributed by atoms with E-state index in [0.29, 0.717) is 12.3 Å². The number of hydrazone groups is 1. The van der Waals surface area contributed by atoms with E-state index < -0.39 is 9.84 Å². The summed E-state index contributed by atoms with van der Waals surface area (Å²) in [6.45, 7) is 3.98. The van der Waals surface area contributed by atoms with Crippen molar-refractivity contribution in [2.75, 3.05) is 11.5 Å². The van der Waals surface area contributed by atoms with Crippen molar-refractivity contribution in [2.45, 2.75) is 38.3 Å². The van der Waals surface area contributed by atoms with Crippen LogP contribution in [0.3, 0.4) is 0 Å². The fourth-order valence-electron chi connectivity index (χ4n) is 2.49. The van der Waals surface area contributed by atoms with Crippen LogP contribution in [0.5, 0.6) is 0 Å². The Bertz CT molecular complexity index is 404. The Morgan fingerprint density at radius 1 is 1.60 bits per heavy atom. The summed E-state index contributed by atoms with van der Waals surface area (Å²) in [5, 5.41) is 6.13. The standard InChI is InChI=1S/C9H17N3O2S/c1-7-5-8(10)11-12(7)9(2)3-4-15(13,14)6-9/h7H,3-6H2,1-2H3,(H2,10,11). The maximum Gasteiger partial charge on any atom is 0.152 e. The molecule has 0 aromatic heterocycles. The van der Waals surface area contributed by atoms with Crippen molar-refractivity contribution < 1.29 is 8.42 Å². The Morgan fingerprint density at radius 2 is 2.27 bits per heavy atom. The van der Waals surface area contributed by atoms with Crippen LogP contribution in [0.2, 0.25) is 0 Å². The maximum atomic E-state index is 11.5. The molecule has 0 spiro atoms. The molecule has 2 unspecified atom stereocenters. The van der Waals surface area contributed by atoms with Gasteiger partial charge in [-0.1, -0.05) is 0 Å². The Morgan fingerprint density at radius 3 is 2.67 bits per heavy atom. The highest BCUT2D eigenvalue weighted by atomic mass is 32.2. The monoisotopic (exact) mass is 231 g/mol. The molecule has 1 fully saturated rings. The molecule has 0 radical (unpaired) electrons. The second kappa shape index (κ2) is 3.10. The van der Waals surface area contributed by atoms with Crippen molar-refractivity contribution in [1.29, 1.82) is 0 Å². The van der Waals surface area contributed by atoms with E-state index in [0.717, 1.165) is 6.42 Å². The number of nitrogens with two attached hydrogens (primary N) is 1. The van der Waals surface area contributed by atoms with Crippen LogP contribution >= 0.6 is 0 Å². The van der Waals surface area contributed by atoms with Crippen LogP contribution in [0.1, 0.15) is 26.7 Å². The molecule has 2 aliphatic heterocycles. The Hall–Kier alpha value is -0.780. The molecule has 0 aromatic carbocycles. The zero-order valence-electron chi connectivity index (χ0n) is 9.10. The van der Waals surface area contributed by atoms with Crippen molar-refractivity contribution in [3.8, 4) is 0 Å². The molecule has 15 heavy (non-hydrogen) atoms. The Balaban J connectivity index is 2.25. The quantitative estimate of drug-likeness (QED) is 0.685. The van der Waals surface area contributed by atoms with Crippen molar-refractivity contribution in [3.05, 3.63) is 0 Å². The molecule has 5 nitrogen and oxygen atoms in total. The molecule has 2 rings (SSSR count). The average Bonchev–Trinajstić information content (AvgIpc) is 2.54. The summed E-state index contributed by atoms with van der Waals surface area (Å²) in [5.74, 6) is 1.07. The van der Waals surface area contributed by atoms with E-state index >= 15 is 0 Å². The largest absolute Gasteiger partial charge is 0.386 e. The summed E-state index contributed by atoms with van der Waals surface area (Å²) in [4.78, 5) is 0. The van der Waals surface area contributed by atoms with Gasteiger partial charge in [0.25, 0.3) is 0 Å². The predicted molar refractivity (Wildman–Crippen MR) is 59.2 cm³/mol. The molecule has 0 amide bonds. The fraction of sp³-hybridized carbons (Fsp3) is 0.889. The van der Waals surface area contributed by atoms with Gasteiger partial charge in [0, 0.05) is 6.42 Å². The lowest BCUT2D eigenvalue weighted by Gasteiger charge is -2.35. The summed E-state index contributed by atoms with van der Waals surface area (Å²) in [6.07, 6.45) is 1.38. The van der Waals surface area contributed by atoms with Crippen LogP contribution in [0.4, 0.5) is 0 Å². The number of sulfone groups is 1. The number of amidine groups is 1. The lowest BCUT2D eigenvalue weighted by molar-refractivity contribution is 0.103. The highest BCUT2D eigenvalue weighted by molar-refractivity contribution is 7.91. The molecule has 2 N–H and O–H groups in total. The van der Waals surface area contributed by atoms with Crippen molar-refractivity contribution in [1.82, 2.24) is 5.01 Å². The van der Waals surface area contributed by atoms with Crippen molar-refractivity contribution in [2.24, 2.45) is 10.8 Å². The molecular formula is C9H17N3O2S. The van der Waals surface area contributed by atoms with Crippen LogP contribution < -0.4 is 5.73 Å². The predicted octanol–water partition coefficient (Wildman–Crippen LogP) is -0.0700. The van der Waals surface area contributed by atoms with Crippen LogP contribution in [0, 0.1) is 0 Å². The van der Waals surface area contributed by atoms with Gasteiger partial charge < -0.3 is 5.73 Å². The van der Waals surface area contributed by atoms with Crippen LogP contribution in [-0.2, 0) is 9.84 Å². The van der Waals surface area contributed by atoms with Crippen molar-refractivity contribution in [3.63, 3.8) is 0 Å². The molecule has 6 heteroatoms. The molecule has 2 atom stereocenters.